The van der Waals surface area contributed by atoms with Crippen LogP contribution in [0.1, 0.15) is 12.5 Å². The lowest BCUT2D eigenvalue weighted by Crippen LogP contribution is -2.46. The number of nitrogens with zero attached hydrogens (tertiary/aromatic N) is 1. The van der Waals surface area contributed by atoms with Gasteiger partial charge in [-0.25, -0.2) is 4.31 Å². The van der Waals surface area contributed by atoms with E-state index in [0.717, 1.165) is 9.87 Å². The second-order valence-corrected chi connectivity index (χ2v) is 5.36. The van der Waals surface area contributed by atoms with Gasteiger partial charge in [0.1, 0.15) is 0 Å². The molecule has 6 heteroatoms. The summed E-state index contributed by atoms with van der Waals surface area (Å²) in [6, 6.07) is 8.97. The largest absolute Gasteiger partial charge is 0.326 e. The van der Waals surface area contributed by atoms with E-state index in [1.54, 1.807) is 24.3 Å². The summed E-state index contributed by atoms with van der Waals surface area (Å²) in [6.45, 7) is 1.58. The molecule has 1 amide bonds. The highest BCUT2D eigenvalue weighted by molar-refractivity contribution is 7.87. The lowest BCUT2D eigenvalue weighted by molar-refractivity contribution is -0.122. The van der Waals surface area contributed by atoms with Crippen LogP contribution in [0.25, 0.3) is 0 Å². The van der Waals surface area contributed by atoms with Crippen LogP contribution in [0.4, 0.5) is 0 Å². The number of amides is 1. The van der Waals surface area contributed by atoms with Gasteiger partial charge in [-0.2, -0.15) is 8.42 Å². The van der Waals surface area contributed by atoms with E-state index in [2.05, 4.69) is 4.72 Å². The van der Waals surface area contributed by atoms with Crippen molar-refractivity contribution in [1.82, 2.24) is 9.03 Å². The second-order valence-electron chi connectivity index (χ2n) is 3.76. The van der Waals surface area contributed by atoms with Gasteiger partial charge in [0.15, 0.2) is 0 Å². The molecule has 2 rings (SSSR count). The molecule has 5 nitrogen and oxygen atoms in total. The minimum atomic E-state index is -3.75. The first-order valence-corrected chi connectivity index (χ1v) is 6.50. The first-order chi connectivity index (χ1) is 7.99. The average Bonchev–Trinajstić information content (AvgIpc) is 2.24. The Hall–Kier alpha value is -1.82. The molecule has 0 fully saturated rings. The fraction of sp³-hybridized carbons (Fsp3) is 0.182. The molecule has 0 bridgehead atoms. The normalized spacial score (nSPS) is 18.5. The number of nitrogens with one attached hydrogen (secondary N) is 1. The van der Waals surface area contributed by atoms with Crippen LogP contribution in [0, 0.1) is 0 Å². The summed E-state index contributed by atoms with van der Waals surface area (Å²) < 4.78 is 26.6. The smallest absolute Gasteiger partial charge is 0.270 e. The van der Waals surface area contributed by atoms with Crippen molar-refractivity contribution >= 4 is 16.1 Å². The molecule has 1 aromatic carbocycles. The molecule has 0 saturated carbocycles. The van der Waals surface area contributed by atoms with Gasteiger partial charge in [0, 0.05) is 11.8 Å². The molecule has 1 aromatic rings. The Morgan fingerprint density at radius 3 is 2.47 bits per heavy atom. The molecule has 0 aromatic heterocycles. The first-order valence-electron chi connectivity index (χ1n) is 5.06. The maximum atomic E-state index is 11.8. The zero-order chi connectivity index (χ0) is 12.5. The Morgan fingerprint density at radius 1 is 1.24 bits per heavy atom. The van der Waals surface area contributed by atoms with E-state index >= 15 is 0 Å². The molecule has 17 heavy (non-hydrogen) atoms. The van der Waals surface area contributed by atoms with Gasteiger partial charge < -0.3 is 0 Å². The average molecular weight is 252 g/mol. The summed E-state index contributed by atoms with van der Waals surface area (Å²) in [5.41, 5.74) is 1.10. The van der Waals surface area contributed by atoms with Crippen molar-refractivity contribution in [1.29, 1.82) is 0 Å². The molecule has 1 aliphatic heterocycles. The van der Waals surface area contributed by atoms with Crippen molar-refractivity contribution in [3.05, 3.63) is 47.7 Å². The van der Waals surface area contributed by atoms with Crippen LogP contribution in [0.3, 0.4) is 0 Å². The standard InChI is InChI=1S/C11H12N2O3S/c1-9-7-11(14)13(17(15,16)12-9)8-10-5-3-2-4-6-10/h2-7,12H,8H2,1H3. The number of allylic oxidation sites excluding steroid dienone is 1. The number of carbonyl (C=O) groups excluding carboxylic acids is 1. The van der Waals surface area contributed by atoms with Crippen molar-refractivity contribution in [2.45, 2.75) is 13.5 Å². The monoisotopic (exact) mass is 252 g/mol. The third kappa shape index (κ3) is 2.47. The molecule has 90 valence electrons. The molecule has 1 N–H and O–H groups in total. The van der Waals surface area contributed by atoms with E-state index in [0.29, 0.717) is 5.70 Å². The first kappa shape index (κ1) is 11.7. The summed E-state index contributed by atoms with van der Waals surface area (Å²) in [7, 11) is -3.75. The number of rotatable bonds is 2. The van der Waals surface area contributed by atoms with Crippen LogP contribution < -0.4 is 4.72 Å². The summed E-state index contributed by atoms with van der Waals surface area (Å²) in [4.78, 5) is 11.7. The Labute approximate surface area is 99.9 Å². The summed E-state index contributed by atoms with van der Waals surface area (Å²) in [5.74, 6) is -0.523. The van der Waals surface area contributed by atoms with Gasteiger partial charge in [-0.15, -0.1) is 0 Å². The van der Waals surface area contributed by atoms with Gasteiger partial charge in [-0.05, 0) is 12.5 Å². The van der Waals surface area contributed by atoms with Crippen molar-refractivity contribution < 1.29 is 13.2 Å². The van der Waals surface area contributed by atoms with Gasteiger partial charge in [0.25, 0.3) is 5.91 Å². The maximum Gasteiger partial charge on any atom is 0.326 e. The van der Waals surface area contributed by atoms with Gasteiger partial charge >= 0.3 is 10.2 Å². The molecule has 0 atom stereocenters. The molecule has 0 unspecified atom stereocenters. The van der Waals surface area contributed by atoms with Crippen LogP contribution in [-0.4, -0.2) is 18.6 Å². The lowest BCUT2D eigenvalue weighted by Gasteiger charge is -2.25. The molecular weight excluding hydrogens is 240 g/mol. The van der Waals surface area contributed by atoms with E-state index in [9.17, 15) is 13.2 Å². The second kappa shape index (κ2) is 4.21. The highest BCUT2D eigenvalue weighted by atomic mass is 32.2. The van der Waals surface area contributed by atoms with E-state index in [1.165, 1.54) is 13.0 Å². The summed E-state index contributed by atoms with van der Waals surface area (Å²) in [6.07, 6.45) is 1.27. The quantitative estimate of drug-likeness (QED) is 0.845. The third-order valence-electron chi connectivity index (χ3n) is 2.33. The molecule has 1 heterocycles. The fourth-order valence-electron chi connectivity index (χ4n) is 1.58. The number of carbonyl (C=O) groups is 1. The topological polar surface area (TPSA) is 66.5 Å². The minimum Gasteiger partial charge on any atom is -0.270 e. The SMILES string of the molecule is CC1=CC(=O)N(Cc2ccccc2)S(=O)(=O)N1. The number of hydrogen-bond acceptors (Lipinski definition) is 3. The highest BCUT2D eigenvalue weighted by Crippen LogP contribution is 2.14. The van der Waals surface area contributed by atoms with Crippen LogP contribution in [0.5, 0.6) is 0 Å². The van der Waals surface area contributed by atoms with Gasteiger partial charge in [0.2, 0.25) is 0 Å². The zero-order valence-corrected chi connectivity index (χ0v) is 10.1. The Balaban J connectivity index is 2.30. The van der Waals surface area contributed by atoms with E-state index in [1.807, 2.05) is 6.07 Å². The van der Waals surface area contributed by atoms with E-state index in [-0.39, 0.29) is 6.54 Å². The predicted octanol–water partition coefficient (Wildman–Crippen LogP) is 0.767. The van der Waals surface area contributed by atoms with Crippen molar-refractivity contribution in [2.24, 2.45) is 0 Å². The highest BCUT2D eigenvalue weighted by Gasteiger charge is 2.30. The van der Waals surface area contributed by atoms with Crippen molar-refractivity contribution in [3.8, 4) is 0 Å². The van der Waals surface area contributed by atoms with Crippen LogP contribution in [-0.2, 0) is 21.5 Å². The molecule has 0 aliphatic carbocycles. The molecule has 1 aliphatic rings. The van der Waals surface area contributed by atoms with Gasteiger partial charge in [0.05, 0.1) is 6.54 Å². The van der Waals surface area contributed by atoms with Crippen molar-refractivity contribution in [2.75, 3.05) is 0 Å². The van der Waals surface area contributed by atoms with Crippen molar-refractivity contribution in [3.63, 3.8) is 0 Å². The third-order valence-corrected chi connectivity index (χ3v) is 3.80. The predicted molar refractivity (Wildman–Crippen MR) is 62.8 cm³/mol. The Bertz CT molecular complexity index is 564. The van der Waals surface area contributed by atoms with Gasteiger partial charge in [-0.3, -0.25) is 9.52 Å². The maximum absolute atomic E-state index is 11.8. The van der Waals surface area contributed by atoms with E-state index in [4.69, 9.17) is 0 Å². The van der Waals surface area contributed by atoms with Crippen LogP contribution >= 0.6 is 0 Å². The number of benzene rings is 1. The molecule has 0 saturated heterocycles. The molecule has 0 radical (unpaired) electrons. The lowest BCUT2D eigenvalue weighted by atomic mass is 10.2. The fourth-order valence-corrected chi connectivity index (χ4v) is 2.76. The van der Waals surface area contributed by atoms with Crippen LogP contribution in [0.15, 0.2) is 42.1 Å². The minimum absolute atomic E-state index is 0.0405. The van der Waals surface area contributed by atoms with Gasteiger partial charge in [-0.1, -0.05) is 30.3 Å². The van der Waals surface area contributed by atoms with E-state index < -0.39 is 16.1 Å². The Morgan fingerprint density at radius 2 is 1.88 bits per heavy atom. The zero-order valence-electron chi connectivity index (χ0n) is 9.25. The molecule has 0 spiro atoms. The summed E-state index contributed by atoms with van der Waals surface area (Å²) >= 11 is 0. The molecular formula is C11H12N2O3S. The summed E-state index contributed by atoms with van der Waals surface area (Å²) in [5, 5.41) is 0. The number of hydrogen-bond donors (Lipinski definition) is 1. The Kier molecular flexibility index (Phi) is 2.89. The van der Waals surface area contributed by atoms with Crippen LogP contribution in [0.2, 0.25) is 0 Å².